The molecule has 1 aliphatic heterocycles. The predicted octanol–water partition coefficient (Wildman–Crippen LogP) is 5.37. The Morgan fingerprint density at radius 1 is 1.15 bits per heavy atom. The van der Waals surface area contributed by atoms with Crippen molar-refractivity contribution in [3.63, 3.8) is 0 Å². The number of oxazole rings is 1. The second-order valence-corrected chi connectivity index (χ2v) is 8.33. The second kappa shape index (κ2) is 8.36. The maximum Gasteiger partial charge on any atom is 0.223 e. The number of piperidine rings is 1. The zero-order valence-electron chi connectivity index (χ0n) is 14.9. The van der Waals surface area contributed by atoms with Gasteiger partial charge in [-0.2, -0.15) is 0 Å². The Labute approximate surface area is 167 Å². The van der Waals surface area contributed by atoms with Crippen LogP contribution in [-0.4, -0.2) is 34.6 Å². The number of amides is 1. The third-order valence-corrected chi connectivity index (χ3v) is 6.17. The average molecular weight is 401 g/mol. The molecule has 0 aliphatic carbocycles. The third-order valence-electron chi connectivity index (χ3n) is 4.91. The van der Waals surface area contributed by atoms with Crippen LogP contribution in [0.15, 0.2) is 57.8 Å². The standard InChI is InChI=1S/C21H21ClN2O2S/c22-16-5-7-17(8-6-16)27-14-11-20(25)24-12-9-15(10-13-24)21-23-18-3-1-2-4-19(18)26-21/h1-8,15H,9-14H2. The van der Waals surface area contributed by atoms with E-state index >= 15 is 0 Å². The van der Waals surface area contributed by atoms with Crippen molar-refractivity contribution in [1.29, 1.82) is 0 Å². The molecule has 2 aromatic carbocycles. The zero-order valence-corrected chi connectivity index (χ0v) is 16.5. The minimum atomic E-state index is 0.229. The van der Waals surface area contributed by atoms with Crippen molar-refractivity contribution in [2.24, 2.45) is 0 Å². The van der Waals surface area contributed by atoms with Crippen LogP contribution < -0.4 is 0 Å². The van der Waals surface area contributed by atoms with Crippen molar-refractivity contribution >= 4 is 40.4 Å². The molecule has 0 saturated carbocycles. The Balaban J connectivity index is 1.25. The van der Waals surface area contributed by atoms with Gasteiger partial charge in [0.1, 0.15) is 5.52 Å². The lowest BCUT2D eigenvalue weighted by Gasteiger charge is -2.30. The molecule has 0 atom stereocenters. The Morgan fingerprint density at radius 2 is 1.89 bits per heavy atom. The summed E-state index contributed by atoms with van der Waals surface area (Å²) >= 11 is 7.59. The van der Waals surface area contributed by atoms with Gasteiger partial charge in [-0.25, -0.2) is 4.98 Å². The number of hydrogen-bond donors (Lipinski definition) is 0. The lowest BCUT2D eigenvalue weighted by Crippen LogP contribution is -2.38. The van der Waals surface area contributed by atoms with Gasteiger partial charge in [-0.3, -0.25) is 4.79 Å². The largest absolute Gasteiger partial charge is 0.440 e. The number of likely N-dealkylation sites (tertiary alicyclic amines) is 1. The average Bonchev–Trinajstić information content (AvgIpc) is 3.14. The lowest BCUT2D eigenvalue weighted by atomic mass is 9.96. The molecule has 4 rings (SSSR count). The van der Waals surface area contributed by atoms with Crippen LogP contribution >= 0.6 is 23.4 Å². The first kappa shape index (κ1) is 18.4. The fourth-order valence-corrected chi connectivity index (χ4v) is 4.35. The molecule has 0 bridgehead atoms. The van der Waals surface area contributed by atoms with E-state index in [1.165, 1.54) is 0 Å². The molecule has 3 aromatic rings. The molecule has 140 valence electrons. The number of carbonyl (C=O) groups excluding carboxylic acids is 1. The molecular weight excluding hydrogens is 380 g/mol. The van der Waals surface area contributed by atoms with E-state index in [-0.39, 0.29) is 5.91 Å². The second-order valence-electron chi connectivity index (χ2n) is 6.73. The van der Waals surface area contributed by atoms with E-state index in [2.05, 4.69) is 4.98 Å². The molecule has 1 saturated heterocycles. The molecule has 1 aliphatic rings. The molecule has 0 radical (unpaired) electrons. The maximum atomic E-state index is 12.5. The highest BCUT2D eigenvalue weighted by Crippen LogP contribution is 2.30. The van der Waals surface area contributed by atoms with Crippen molar-refractivity contribution in [2.75, 3.05) is 18.8 Å². The lowest BCUT2D eigenvalue weighted by molar-refractivity contribution is -0.131. The topological polar surface area (TPSA) is 46.3 Å². The molecule has 1 aromatic heterocycles. The Hall–Kier alpha value is -1.98. The van der Waals surface area contributed by atoms with Crippen molar-refractivity contribution in [3.05, 3.63) is 59.4 Å². The Kier molecular flexibility index (Phi) is 5.69. The van der Waals surface area contributed by atoms with Crippen molar-refractivity contribution in [2.45, 2.75) is 30.1 Å². The summed E-state index contributed by atoms with van der Waals surface area (Å²) in [6.07, 6.45) is 2.37. The first-order valence-corrected chi connectivity index (χ1v) is 10.6. The summed E-state index contributed by atoms with van der Waals surface area (Å²) in [5, 5.41) is 0.734. The zero-order chi connectivity index (χ0) is 18.6. The summed E-state index contributed by atoms with van der Waals surface area (Å²) in [7, 11) is 0. The van der Waals surface area contributed by atoms with Gasteiger partial charge in [0.2, 0.25) is 5.91 Å². The summed E-state index contributed by atoms with van der Waals surface area (Å²) in [6.45, 7) is 1.54. The van der Waals surface area contributed by atoms with Gasteiger partial charge < -0.3 is 9.32 Å². The number of para-hydroxylation sites is 2. The minimum absolute atomic E-state index is 0.229. The van der Waals surface area contributed by atoms with Crippen LogP contribution in [0.3, 0.4) is 0 Å². The van der Waals surface area contributed by atoms with Crippen LogP contribution in [0.1, 0.15) is 31.1 Å². The van der Waals surface area contributed by atoms with E-state index in [1.54, 1.807) is 11.8 Å². The van der Waals surface area contributed by atoms with E-state index in [9.17, 15) is 4.79 Å². The number of nitrogens with zero attached hydrogens (tertiary/aromatic N) is 2. The number of thioether (sulfide) groups is 1. The number of fused-ring (bicyclic) bond motifs is 1. The first-order chi connectivity index (χ1) is 13.2. The number of carbonyl (C=O) groups is 1. The predicted molar refractivity (Wildman–Crippen MR) is 109 cm³/mol. The van der Waals surface area contributed by atoms with Crippen LogP contribution in [0, 0.1) is 0 Å². The monoisotopic (exact) mass is 400 g/mol. The maximum absolute atomic E-state index is 12.5. The van der Waals surface area contributed by atoms with Crippen LogP contribution in [-0.2, 0) is 4.79 Å². The Morgan fingerprint density at radius 3 is 2.63 bits per heavy atom. The smallest absolute Gasteiger partial charge is 0.223 e. The Bertz CT molecular complexity index is 884. The molecule has 6 heteroatoms. The van der Waals surface area contributed by atoms with Gasteiger partial charge in [0.15, 0.2) is 11.5 Å². The molecule has 27 heavy (non-hydrogen) atoms. The fraction of sp³-hybridized carbons (Fsp3) is 0.333. The summed E-state index contributed by atoms with van der Waals surface area (Å²) in [4.78, 5) is 20.2. The van der Waals surface area contributed by atoms with Gasteiger partial charge in [0.05, 0.1) is 0 Å². The van der Waals surface area contributed by atoms with Gasteiger partial charge in [0.25, 0.3) is 0 Å². The summed E-state index contributed by atoms with van der Waals surface area (Å²) in [5.41, 5.74) is 1.75. The normalized spacial score (nSPS) is 15.4. The molecule has 0 spiro atoms. The minimum Gasteiger partial charge on any atom is -0.440 e. The summed E-state index contributed by atoms with van der Waals surface area (Å²) in [6, 6.07) is 15.6. The highest BCUT2D eigenvalue weighted by molar-refractivity contribution is 7.99. The van der Waals surface area contributed by atoms with E-state index in [0.717, 1.165) is 58.6 Å². The quantitative estimate of drug-likeness (QED) is 0.540. The first-order valence-electron chi connectivity index (χ1n) is 9.20. The van der Waals surface area contributed by atoms with Crippen LogP contribution in [0.4, 0.5) is 0 Å². The van der Waals surface area contributed by atoms with Crippen molar-refractivity contribution in [1.82, 2.24) is 9.88 Å². The summed E-state index contributed by atoms with van der Waals surface area (Å²) < 4.78 is 5.90. The SMILES string of the molecule is O=C(CCSc1ccc(Cl)cc1)N1CCC(c2nc3ccccc3o2)CC1. The van der Waals surface area contributed by atoms with Gasteiger partial charge in [-0.1, -0.05) is 23.7 Å². The van der Waals surface area contributed by atoms with Crippen LogP contribution in [0.25, 0.3) is 11.1 Å². The van der Waals surface area contributed by atoms with Gasteiger partial charge >= 0.3 is 0 Å². The number of aromatic nitrogens is 1. The molecule has 4 nitrogen and oxygen atoms in total. The van der Waals surface area contributed by atoms with Crippen LogP contribution in [0.2, 0.25) is 5.02 Å². The van der Waals surface area contributed by atoms with Crippen molar-refractivity contribution < 1.29 is 9.21 Å². The van der Waals surface area contributed by atoms with Gasteiger partial charge in [-0.05, 0) is 49.2 Å². The molecule has 0 unspecified atom stereocenters. The molecule has 2 heterocycles. The molecular formula is C21H21ClN2O2S. The fourth-order valence-electron chi connectivity index (χ4n) is 3.39. The third kappa shape index (κ3) is 4.47. The highest BCUT2D eigenvalue weighted by Gasteiger charge is 2.26. The van der Waals surface area contributed by atoms with E-state index in [0.29, 0.717) is 12.3 Å². The number of halogens is 1. The summed E-state index contributed by atoms with van der Waals surface area (Å²) in [5.74, 6) is 2.12. The number of hydrogen-bond acceptors (Lipinski definition) is 4. The molecule has 0 N–H and O–H groups in total. The molecule has 1 fully saturated rings. The number of benzene rings is 2. The van der Waals surface area contributed by atoms with Gasteiger partial charge in [0, 0.05) is 41.1 Å². The van der Waals surface area contributed by atoms with E-state index < -0.39 is 0 Å². The highest BCUT2D eigenvalue weighted by atomic mass is 35.5. The van der Waals surface area contributed by atoms with E-state index in [4.69, 9.17) is 16.0 Å². The van der Waals surface area contributed by atoms with Gasteiger partial charge in [-0.15, -0.1) is 11.8 Å². The van der Waals surface area contributed by atoms with E-state index in [1.807, 2.05) is 53.4 Å². The van der Waals surface area contributed by atoms with Crippen LogP contribution in [0.5, 0.6) is 0 Å². The number of rotatable bonds is 5. The molecule has 1 amide bonds. The van der Waals surface area contributed by atoms with Crippen molar-refractivity contribution in [3.8, 4) is 0 Å².